The first kappa shape index (κ1) is 14.4. The van der Waals surface area contributed by atoms with Gasteiger partial charge in [-0.1, -0.05) is 25.1 Å². The summed E-state index contributed by atoms with van der Waals surface area (Å²) in [6.07, 6.45) is 4.17. The molecule has 3 aromatic heterocycles. The molecule has 0 fully saturated rings. The molecule has 0 aliphatic heterocycles. The van der Waals surface area contributed by atoms with E-state index in [1.807, 2.05) is 24.3 Å². The van der Waals surface area contributed by atoms with E-state index in [1.165, 1.54) is 0 Å². The molecule has 0 saturated carbocycles. The molecule has 3 heterocycles. The first-order chi connectivity index (χ1) is 11.9. The molecule has 7 heteroatoms. The van der Waals surface area contributed by atoms with E-state index in [4.69, 9.17) is 4.42 Å². The molecule has 1 N–H and O–H groups in total. The lowest BCUT2D eigenvalue weighted by atomic mass is 10.2. The van der Waals surface area contributed by atoms with Crippen LogP contribution in [0.15, 0.2) is 52.2 Å². The number of aromatic nitrogens is 4. The van der Waals surface area contributed by atoms with Crippen molar-refractivity contribution in [2.45, 2.75) is 19.9 Å². The molecule has 0 aliphatic rings. The number of hydrogen-bond donors (Lipinski definition) is 1. The molecule has 4 aromatic rings. The van der Waals surface area contributed by atoms with Crippen molar-refractivity contribution in [3.63, 3.8) is 0 Å². The van der Waals surface area contributed by atoms with Gasteiger partial charge in [0.25, 0.3) is 5.95 Å². The highest BCUT2D eigenvalue weighted by Crippen LogP contribution is 2.26. The number of hydrogen-bond acceptors (Lipinski definition) is 6. The third-order valence-corrected chi connectivity index (χ3v) is 3.72. The van der Waals surface area contributed by atoms with E-state index >= 15 is 0 Å². The lowest BCUT2D eigenvalue weighted by Gasteiger charge is -2.04. The van der Waals surface area contributed by atoms with Crippen molar-refractivity contribution >= 4 is 34.2 Å². The molecule has 0 unspecified atom stereocenters. The molecule has 7 nitrogen and oxygen atoms in total. The normalized spacial score (nSPS) is 11.7. The Morgan fingerprint density at radius 1 is 1.21 bits per heavy atom. The monoisotopic (exact) mass is 320 g/mol. The van der Waals surface area contributed by atoms with Gasteiger partial charge in [0, 0.05) is 11.9 Å². The Morgan fingerprint density at radius 3 is 2.96 bits per heavy atom. The number of anilines is 1. The molecule has 120 valence electrons. The zero-order valence-corrected chi connectivity index (χ0v) is 13.2. The predicted octanol–water partition coefficient (Wildman–Crippen LogP) is 3.43. The molecule has 0 aliphatic carbocycles. The molecule has 0 saturated heterocycles. The summed E-state index contributed by atoms with van der Waals surface area (Å²) in [5.41, 5.74) is 5.53. The second kappa shape index (κ2) is 6.11. The molecular weight excluding hydrogens is 304 g/mol. The Balaban J connectivity index is 1.74. The smallest absolute Gasteiger partial charge is 0.265 e. The van der Waals surface area contributed by atoms with Crippen LogP contribution in [-0.4, -0.2) is 26.0 Å². The summed E-state index contributed by atoms with van der Waals surface area (Å²) in [5.74, 6) is 1.00. The Morgan fingerprint density at radius 2 is 2.12 bits per heavy atom. The second-order valence-electron chi connectivity index (χ2n) is 5.36. The number of hydrazone groups is 1. The summed E-state index contributed by atoms with van der Waals surface area (Å²) < 4.78 is 7.35. The topological polar surface area (TPSA) is 81.1 Å². The van der Waals surface area contributed by atoms with Gasteiger partial charge in [-0.25, -0.2) is 5.43 Å². The van der Waals surface area contributed by atoms with E-state index in [1.54, 1.807) is 18.5 Å². The fourth-order valence-corrected chi connectivity index (χ4v) is 2.72. The Bertz CT molecular complexity index is 1000. The minimum Gasteiger partial charge on any atom is -0.463 e. The minimum atomic E-state index is 0.352. The van der Waals surface area contributed by atoms with Crippen LogP contribution in [0.1, 0.15) is 19.1 Å². The number of nitrogens with zero attached hydrogens (tertiary/aromatic N) is 5. The lowest BCUT2D eigenvalue weighted by Crippen LogP contribution is -2.02. The van der Waals surface area contributed by atoms with E-state index in [2.05, 4.69) is 43.3 Å². The molecule has 0 bridgehead atoms. The SMILES string of the molecule is CCCn1c2ccccc2c2nnc(N/N=C/c3ccco3)nc21. The van der Waals surface area contributed by atoms with Crippen molar-refractivity contribution in [2.24, 2.45) is 5.10 Å². The van der Waals surface area contributed by atoms with E-state index in [0.29, 0.717) is 11.7 Å². The van der Waals surface area contributed by atoms with Crippen molar-refractivity contribution in [1.29, 1.82) is 0 Å². The number of para-hydroxylation sites is 1. The number of fused-ring (bicyclic) bond motifs is 3. The summed E-state index contributed by atoms with van der Waals surface area (Å²) in [6.45, 7) is 3.01. The van der Waals surface area contributed by atoms with Crippen LogP contribution < -0.4 is 5.43 Å². The van der Waals surface area contributed by atoms with E-state index < -0.39 is 0 Å². The molecule has 0 spiro atoms. The van der Waals surface area contributed by atoms with E-state index in [9.17, 15) is 0 Å². The molecule has 0 radical (unpaired) electrons. The molecular formula is C17H16N6O. The number of nitrogens with one attached hydrogen (secondary N) is 1. The van der Waals surface area contributed by atoms with Gasteiger partial charge in [-0.15, -0.1) is 10.2 Å². The summed E-state index contributed by atoms with van der Waals surface area (Å²) in [7, 11) is 0. The van der Waals surface area contributed by atoms with Crippen LogP contribution >= 0.6 is 0 Å². The van der Waals surface area contributed by atoms with Crippen molar-refractivity contribution in [2.75, 3.05) is 5.43 Å². The number of furan rings is 1. The van der Waals surface area contributed by atoms with Gasteiger partial charge in [0.2, 0.25) is 0 Å². The summed E-state index contributed by atoms with van der Waals surface area (Å²) in [5, 5.41) is 13.6. The van der Waals surface area contributed by atoms with Gasteiger partial charge in [0.1, 0.15) is 11.3 Å². The van der Waals surface area contributed by atoms with Crippen LogP contribution in [0.25, 0.3) is 22.1 Å². The van der Waals surface area contributed by atoms with Crippen LogP contribution in [0.2, 0.25) is 0 Å². The maximum Gasteiger partial charge on any atom is 0.265 e. The van der Waals surface area contributed by atoms with Gasteiger partial charge in [0.15, 0.2) is 5.65 Å². The highest BCUT2D eigenvalue weighted by molar-refractivity contribution is 6.04. The third kappa shape index (κ3) is 2.50. The first-order valence-corrected chi connectivity index (χ1v) is 7.81. The van der Waals surface area contributed by atoms with Crippen LogP contribution in [0.5, 0.6) is 0 Å². The number of benzene rings is 1. The molecule has 4 rings (SSSR count). The van der Waals surface area contributed by atoms with Gasteiger partial charge in [-0.2, -0.15) is 10.1 Å². The Hall–Kier alpha value is -3.22. The average Bonchev–Trinajstić information content (AvgIpc) is 3.23. The van der Waals surface area contributed by atoms with Crippen molar-refractivity contribution in [3.05, 3.63) is 48.4 Å². The quantitative estimate of drug-likeness (QED) is 0.450. The van der Waals surface area contributed by atoms with Crippen molar-refractivity contribution in [3.8, 4) is 0 Å². The molecule has 0 atom stereocenters. The second-order valence-corrected chi connectivity index (χ2v) is 5.36. The minimum absolute atomic E-state index is 0.352. The number of rotatable bonds is 5. The maximum absolute atomic E-state index is 5.18. The molecule has 24 heavy (non-hydrogen) atoms. The van der Waals surface area contributed by atoms with Gasteiger partial charge >= 0.3 is 0 Å². The Kier molecular flexibility index (Phi) is 3.66. The lowest BCUT2D eigenvalue weighted by molar-refractivity contribution is 0.560. The summed E-state index contributed by atoms with van der Waals surface area (Å²) in [4.78, 5) is 4.58. The zero-order chi connectivity index (χ0) is 16.4. The van der Waals surface area contributed by atoms with Gasteiger partial charge < -0.3 is 8.98 Å². The van der Waals surface area contributed by atoms with Crippen molar-refractivity contribution in [1.82, 2.24) is 19.7 Å². The number of aryl methyl sites for hydroxylation is 1. The van der Waals surface area contributed by atoms with Gasteiger partial charge in [0.05, 0.1) is 18.0 Å². The van der Waals surface area contributed by atoms with Crippen molar-refractivity contribution < 1.29 is 4.42 Å². The van der Waals surface area contributed by atoms with Crippen LogP contribution in [-0.2, 0) is 6.54 Å². The highest BCUT2D eigenvalue weighted by Gasteiger charge is 2.13. The van der Waals surface area contributed by atoms with Crippen LogP contribution in [0.4, 0.5) is 5.95 Å². The highest BCUT2D eigenvalue weighted by atomic mass is 16.3. The standard InChI is InChI=1S/C17H16N6O/c1-2-9-23-14-8-4-3-7-13(14)15-16(23)19-17(22-20-15)21-18-11-12-6-5-10-24-12/h3-8,10-11H,2,9H2,1H3,(H,19,21,22)/b18-11+. The maximum atomic E-state index is 5.18. The summed E-state index contributed by atoms with van der Waals surface area (Å²) >= 11 is 0. The first-order valence-electron chi connectivity index (χ1n) is 7.81. The van der Waals surface area contributed by atoms with E-state index in [0.717, 1.165) is 35.0 Å². The Labute approximate surface area is 138 Å². The average molecular weight is 320 g/mol. The largest absolute Gasteiger partial charge is 0.463 e. The van der Waals surface area contributed by atoms with Crippen LogP contribution in [0.3, 0.4) is 0 Å². The molecule has 0 amide bonds. The summed E-state index contributed by atoms with van der Waals surface area (Å²) in [6, 6.07) is 11.8. The van der Waals surface area contributed by atoms with Crippen LogP contribution in [0, 0.1) is 0 Å². The fraction of sp³-hybridized carbons (Fsp3) is 0.176. The third-order valence-electron chi connectivity index (χ3n) is 3.72. The van der Waals surface area contributed by atoms with E-state index in [-0.39, 0.29) is 0 Å². The zero-order valence-electron chi connectivity index (χ0n) is 13.2. The fourth-order valence-electron chi connectivity index (χ4n) is 2.72. The van der Waals surface area contributed by atoms with Gasteiger partial charge in [-0.05, 0) is 24.6 Å². The van der Waals surface area contributed by atoms with Gasteiger partial charge in [-0.3, -0.25) is 0 Å². The predicted molar refractivity (Wildman–Crippen MR) is 93.0 cm³/mol. The molecule has 1 aromatic carbocycles.